The van der Waals surface area contributed by atoms with Gasteiger partial charge >= 0.3 is 6.03 Å². The molecule has 2 atom stereocenters. The summed E-state index contributed by atoms with van der Waals surface area (Å²) in [5.74, 6) is 0.221. The number of aromatic nitrogens is 2. The highest BCUT2D eigenvalue weighted by molar-refractivity contribution is 5.78. The molecule has 6 heteroatoms. The zero-order chi connectivity index (χ0) is 16.7. The molecule has 4 heterocycles. The molecule has 5 nitrogen and oxygen atoms in total. The van der Waals surface area contributed by atoms with Crippen molar-refractivity contribution in [3.63, 3.8) is 0 Å². The molecule has 126 valence electrons. The molecule has 0 aliphatic carbocycles. The molecule has 1 amide bonds. The minimum absolute atomic E-state index is 0.154. The van der Waals surface area contributed by atoms with Crippen molar-refractivity contribution >= 4 is 6.03 Å². The molecule has 1 aromatic carbocycles. The predicted molar refractivity (Wildman–Crippen MR) is 89.1 cm³/mol. The smallest absolute Gasteiger partial charge is 0.332 e. The van der Waals surface area contributed by atoms with Gasteiger partial charge in [0.05, 0.1) is 6.20 Å². The second-order valence-corrected chi connectivity index (χ2v) is 6.74. The van der Waals surface area contributed by atoms with E-state index in [0.29, 0.717) is 23.1 Å². The van der Waals surface area contributed by atoms with Crippen LogP contribution in [0.4, 0.5) is 9.18 Å². The molecule has 3 fully saturated rings. The lowest BCUT2D eigenvalue weighted by Gasteiger charge is -2.49. The lowest BCUT2D eigenvalue weighted by atomic mass is 9.79. The first kappa shape index (κ1) is 15.3. The third kappa shape index (κ3) is 2.60. The van der Waals surface area contributed by atoms with E-state index in [2.05, 4.69) is 22.2 Å². The fraction of sp³-hybridized carbons (Fsp3) is 0.444. The Labute approximate surface area is 140 Å². The van der Waals surface area contributed by atoms with E-state index in [1.54, 1.807) is 24.4 Å². The van der Waals surface area contributed by atoms with Crippen LogP contribution in [-0.2, 0) is 0 Å². The van der Waals surface area contributed by atoms with Gasteiger partial charge in [-0.05, 0) is 44.8 Å². The Kier molecular flexibility index (Phi) is 3.84. The van der Waals surface area contributed by atoms with Crippen molar-refractivity contribution in [2.24, 2.45) is 5.92 Å². The molecule has 3 aliphatic rings. The van der Waals surface area contributed by atoms with E-state index in [9.17, 15) is 9.18 Å². The molecule has 1 aromatic heterocycles. The van der Waals surface area contributed by atoms with Crippen LogP contribution in [0.1, 0.15) is 19.8 Å². The molecule has 0 saturated carbocycles. The third-order valence-electron chi connectivity index (χ3n) is 5.44. The summed E-state index contributed by atoms with van der Waals surface area (Å²) in [6.45, 7) is 4.42. The minimum Gasteiger partial charge on any atom is -0.332 e. The van der Waals surface area contributed by atoms with Crippen molar-refractivity contribution in [2.45, 2.75) is 31.8 Å². The van der Waals surface area contributed by atoms with E-state index < -0.39 is 0 Å². The van der Waals surface area contributed by atoms with Crippen LogP contribution < -0.4 is 5.32 Å². The van der Waals surface area contributed by atoms with E-state index in [-0.39, 0.29) is 17.9 Å². The van der Waals surface area contributed by atoms with Crippen molar-refractivity contribution in [2.75, 3.05) is 13.1 Å². The summed E-state index contributed by atoms with van der Waals surface area (Å²) >= 11 is 0. The number of rotatable bonds is 2. The van der Waals surface area contributed by atoms with Gasteiger partial charge in [0.25, 0.3) is 0 Å². The van der Waals surface area contributed by atoms with Gasteiger partial charge in [0, 0.05) is 29.4 Å². The number of nitrogens with zero attached hydrogens (tertiary/aromatic N) is 3. The average Bonchev–Trinajstić information content (AvgIpc) is 3.09. The summed E-state index contributed by atoms with van der Waals surface area (Å²) in [5.41, 5.74) is 1.05. The largest absolute Gasteiger partial charge is 0.342 e. The molecule has 24 heavy (non-hydrogen) atoms. The second-order valence-electron chi connectivity index (χ2n) is 6.74. The monoisotopic (exact) mass is 328 g/mol. The number of benzene rings is 1. The Morgan fingerprint density at radius 2 is 2.04 bits per heavy atom. The van der Waals surface area contributed by atoms with E-state index in [0.717, 1.165) is 25.9 Å². The molecule has 2 bridgehead atoms. The minimum atomic E-state index is -0.316. The quantitative estimate of drug-likeness (QED) is 0.922. The van der Waals surface area contributed by atoms with Gasteiger partial charge in [0.15, 0.2) is 0 Å². The van der Waals surface area contributed by atoms with Crippen molar-refractivity contribution < 1.29 is 9.18 Å². The van der Waals surface area contributed by atoms with Crippen molar-refractivity contribution in [3.05, 3.63) is 42.5 Å². The first-order chi connectivity index (χ1) is 11.6. The number of fused-ring (bicyclic) bond motifs is 3. The maximum atomic E-state index is 13.9. The van der Waals surface area contributed by atoms with Crippen molar-refractivity contribution in [3.8, 4) is 11.1 Å². The summed E-state index contributed by atoms with van der Waals surface area (Å²) < 4.78 is 15.1. The normalized spacial score (nSPS) is 28.8. The molecule has 1 N–H and O–H groups in total. The van der Waals surface area contributed by atoms with Gasteiger partial charge in [0.1, 0.15) is 5.82 Å². The lowest BCUT2D eigenvalue weighted by molar-refractivity contribution is 0.0266. The summed E-state index contributed by atoms with van der Waals surface area (Å²) in [6, 6.07) is 6.76. The van der Waals surface area contributed by atoms with Crippen LogP contribution in [0.5, 0.6) is 0 Å². The maximum Gasteiger partial charge on any atom is 0.342 e. The molecule has 2 aromatic rings. The number of carbonyl (C=O) groups excluding carboxylic acids is 1. The fourth-order valence-electron chi connectivity index (χ4n) is 4.02. The molecule has 3 saturated heterocycles. The number of carbonyl (C=O) groups is 1. The molecule has 3 aliphatic heterocycles. The summed E-state index contributed by atoms with van der Waals surface area (Å²) in [6.07, 6.45) is 5.38. The zero-order valence-corrected chi connectivity index (χ0v) is 13.7. The van der Waals surface area contributed by atoms with Crippen LogP contribution in [-0.4, -0.2) is 45.9 Å². The van der Waals surface area contributed by atoms with E-state index >= 15 is 0 Å². The molecule has 5 rings (SSSR count). The highest BCUT2D eigenvalue weighted by Crippen LogP contribution is 2.32. The molecule has 0 radical (unpaired) electrons. The van der Waals surface area contributed by atoms with E-state index in [1.165, 1.54) is 16.9 Å². The Balaban J connectivity index is 1.51. The Morgan fingerprint density at radius 1 is 1.29 bits per heavy atom. The SMILES string of the molecule is C[C@@H]1[C@H](NC(=O)n2cc(-c3ccccc3F)cn2)C2CCN1CC2. The average molecular weight is 328 g/mol. The number of amides is 1. The lowest BCUT2D eigenvalue weighted by Crippen LogP contribution is -2.62. The number of nitrogens with one attached hydrogen (secondary N) is 1. The molecular formula is C18H21FN4O. The van der Waals surface area contributed by atoms with E-state index in [4.69, 9.17) is 0 Å². The molecule has 0 spiro atoms. The highest BCUT2D eigenvalue weighted by atomic mass is 19.1. The first-order valence-corrected chi connectivity index (χ1v) is 8.48. The Hall–Kier alpha value is -2.21. The number of hydrogen-bond acceptors (Lipinski definition) is 3. The van der Waals surface area contributed by atoms with Crippen LogP contribution in [0.2, 0.25) is 0 Å². The Morgan fingerprint density at radius 3 is 2.75 bits per heavy atom. The van der Waals surface area contributed by atoms with Gasteiger partial charge in [-0.15, -0.1) is 0 Å². The summed E-state index contributed by atoms with van der Waals surface area (Å²) in [5, 5.41) is 7.23. The first-order valence-electron chi connectivity index (χ1n) is 8.48. The Bertz CT molecular complexity index is 749. The number of halogens is 1. The van der Waals surface area contributed by atoms with Gasteiger partial charge in [0.2, 0.25) is 0 Å². The summed E-state index contributed by atoms with van der Waals surface area (Å²) in [4.78, 5) is 15.0. The molecular weight excluding hydrogens is 307 g/mol. The van der Waals surface area contributed by atoms with Gasteiger partial charge in [-0.1, -0.05) is 18.2 Å². The zero-order valence-electron chi connectivity index (χ0n) is 13.7. The maximum absolute atomic E-state index is 13.9. The highest BCUT2D eigenvalue weighted by Gasteiger charge is 2.40. The topological polar surface area (TPSA) is 50.2 Å². The number of piperidine rings is 3. The van der Waals surface area contributed by atoms with E-state index in [1.807, 2.05) is 0 Å². The number of hydrogen-bond donors (Lipinski definition) is 1. The van der Waals surface area contributed by atoms with Gasteiger partial charge in [-0.2, -0.15) is 9.78 Å². The van der Waals surface area contributed by atoms with Crippen LogP contribution >= 0.6 is 0 Å². The standard InChI is InChI=1S/C18H21FN4O/c1-12-17(13-6-8-22(12)9-7-13)21-18(24)23-11-14(10-20-23)15-4-2-3-5-16(15)19/h2-5,10-13,17H,6-9H2,1H3,(H,21,24)/t12-,17+/m1/s1. The third-order valence-corrected chi connectivity index (χ3v) is 5.44. The summed E-state index contributed by atoms with van der Waals surface area (Å²) in [7, 11) is 0. The van der Waals surface area contributed by atoms with Gasteiger partial charge in [-0.25, -0.2) is 9.18 Å². The van der Waals surface area contributed by atoms with Crippen LogP contribution in [0.15, 0.2) is 36.7 Å². The second kappa shape index (κ2) is 6.02. The fourth-order valence-corrected chi connectivity index (χ4v) is 4.02. The van der Waals surface area contributed by atoms with Gasteiger partial charge < -0.3 is 5.32 Å². The van der Waals surface area contributed by atoms with Crippen molar-refractivity contribution in [1.82, 2.24) is 20.0 Å². The van der Waals surface area contributed by atoms with Crippen LogP contribution in [0, 0.1) is 11.7 Å². The van der Waals surface area contributed by atoms with Crippen LogP contribution in [0.25, 0.3) is 11.1 Å². The molecule has 0 unspecified atom stereocenters. The van der Waals surface area contributed by atoms with Crippen molar-refractivity contribution in [1.29, 1.82) is 0 Å². The van der Waals surface area contributed by atoms with Crippen LogP contribution in [0.3, 0.4) is 0 Å². The predicted octanol–water partition coefficient (Wildman–Crippen LogP) is 2.73. The van der Waals surface area contributed by atoms with Gasteiger partial charge in [-0.3, -0.25) is 4.90 Å².